The normalized spacial score (nSPS) is 24.6. The predicted molar refractivity (Wildman–Crippen MR) is 85.4 cm³/mol. The van der Waals surface area contributed by atoms with Gasteiger partial charge in [-0.1, -0.05) is 17.7 Å². The van der Waals surface area contributed by atoms with Crippen molar-refractivity contribution in [2.24, 2.45) is 0 Å². The quantitative estimate of drug-likeness (QED) is 0.904. The van der Waals surface area contributed by atoms with Crippen LogP contribution in [0.3, 0.4) is 0 Å². The van der Waals surface area contributed by atoms with E-state index in [1.54, 1.807) is 0 Å². The van der Waals surface area contributed by atoms with Gasteiger partial charge < -0.3 is 10.1 Å². The van der Waals surface area contributed by atoms with Crippen molar-refractivity contribution in [3.8, 4) is 0 Å². The predicted octanol–water partition coefficient (Wildman–Crippen LogP) is 3.70. The van der Waals surface area contributed by atoms with Crippen LogP contribution in [0, 0.1) is 20.8 Å². The zero-order valence-corrected chi connectivity index (χ0v) is 13.7. The van der Waals surface area contributed by atoms with E-state index in [2.05, 4.69) is 52.2 Å². The van der Waals surface area contributed by atoms with Crippen LogP contribution in [0.5, 0.6) is 0 Å². The van der Waals surface area contributed by atoms with Gasteiger partial charge in [0, 0.05) is 12.6 Å². The second-order valence-corrected chi connectivity index (χ2v) is 6.54. The summed E-state index contributed by atoms with van der Waals surface area (Å²) >= 11 is 0. The number of hydrogen-bond donors (Lipinski definition) is 1. The molecule has 2 unspecified atom stereocenters. The maximum atomic E-state index is 6.13. The molecule has 1 heterocycles. The highest BCUT2D eigenvalue weighted by Crippen LogP contribution is 2.30. The largest absolute Gasteiger partial charge is 0.374 e. The van der Waals surface area contributed by atoms with Crippen LogP contribution in [-0.2, 0) is 11.2 Å². The van der Waals surface area contributed by atoms with Crippen molar-refractivity contribution in [2.75, 3.05) is 13.7 Å². The number of aryl methyl sites for hydroxylation is 3. The van der Waals surface area contributed by atoms with E-state index >= 15 is 0 Å². The van der Waals surface area contributed by atoms with Gasteiger partial charge in [0.15, 0.2) is 0 Å². The van der Waals surface area contributed by atoms with E-state index in [-0.39, 0.29) is 5.60 Å². The van der Waals surface area contributed by atoms with E-state index in [0.717, 1.165) is 19.4 Å². The molecule has 20 heavy (non-hydrogen) atoms. The highest BCUT2D eigenvalue weighted by Gasteiger charge is 2.36. The van der Waals surface area contributed by atoms with Crippen LogP contribution in [0.2, 0.25) is 0 Å². The van der Waals surface area contributed by atoms with Crippen LogP contribution < -0.4 is 5.32 Å². The zero-order chi connectivity index (χ0) is 14.8. The third kappa shape index (κ3) is 3.24. The van der Waals surface area contributed by atoms with Crippen molar-refractivity contribution >= 4 is 0 Å². The molecule has 1 fully saturated rings. The first-order valence-corrected chi connectivity index (χ1v) is 7.84. The first-order chi connectivity index (χ1) is 9.46. The van der Waals surface area contributed by atoms with Gasteiger partial charge in [0.05, 0.1) is 5.60 Å². The van der Waals surface area contributed by atoms with Gasteiger partial charge >= 0.3 is 0 Å². The molecule has 1 aromatic carbocycles. The van der Waals surface area contributed by atoms with Crippen LogP contribution in [-0.4, -0.2) is 25.3 Å². The molecule has 0 amide bonds. The zero-order valence-electron chi connectivity index (χ0n) is 13.7. The van der Waals surface area contributed by atoms with Gasteiger partial charge in [0.1, 0.15) is 0 Å². The van der Waals surface area contributed by atoms with Crippen molar-refractivity contribution in [1.82, 2.24) is 5.32 Å². The summed E-state index contributed by atoms with van der Waals surface area (Å²) in [7, 11) is 2.06. The van der Waals surface area contributed by atoms with E-state index in [9.17, 15) is 0 Å². The summed E-state index contributed by atoms with van der Waals surface area (Å²) in [5.41, 5.74) is 5.61. The second-order valence-electron chi connectivity index (χ2n) is 6.54. The first-order valence-electron chi connectivity index (χ1n) is 7.84. The SMILES string of the molecule is CNC(Cc1c(C)cc(C)cc1C)C1(C)CCCCO1. The number of hydrogen-bond acceptors (Lipinski definition) is 2. The Morgan fingerprint density at radius 2 is 1.85 bits per heavy atom. The lowest BCUT2D eigenvalue weighted by atomic mass is 9.83. The molecule has 0 bridgehead atoms. The van der Waals surface area contributed by atoms with E-state index in [1.165, 1.54) is 35.1 Å². The molecular formula is C18H29NO. The van der Waals surface area contributed by atoms with Gasteiger partial charge in [-0.05, 0) is 77.1 Å². The van der Waals surface area contributed by atoms with Gasteiger partial charge in [0.2, 0.25) is 0 Å². The molecule has 0 saturated carbocycles. The van der Waals surface area contributed by atoms with Crippen molar-refractivity contribution in [1.29, 1.82) is 0 Å². The fourth-order valence-corrected chi connectivity index (χ4v) is 3.59. The number of likely N-dealkylation sites (N-methyl/N-ethyl adjacent to an activating group) is 1. The van der Waals surface area contributed by atoms with E-state index in [1.807, 2.05) is 0 Å². The molecule has 1 aliphatic rings. The molecule has 0 aliphatic carbocycles. The van der Waals surface area contributed by atoms with E-state index in [4.69, 9.17) is 4.74 Å². The van der Waals surface area contributed by atoms with Crippen molar-refractivity contribution < 1.29 is 4.74 Å². The molecule has 2 rings (SSSR count). The Morgan fingerprint density at radius 3 is 2.35 bits per heavy atom. The second kappa shape index (κ2) is 6.28. The fraction of sp³-hybridized carbons (Fsp3) is 0.667. The number of rotatable bonds is 4. The average molecular weight is 275 g/mol. The molecule has 2 nitrogen and oxygen atoms in total. The van der Waals surface area contributed by atoms with Crippen molar-refractivity contribution in [3.63, 3.8) is 0 Å². The standard InChI is InChI=1S/C18H29NO/c1-13-10-14(2)16(15(3)11-13)12-17(19-5)18(4)8-6-7-9-20-18/h10-11,17,19H,6-9,12H2,1-5H3. The Hall–Kier alpha value is -0.860. The highest BCUT2D eigenvalue weighted by molar-refractivity contribution is 5.38. The Bertz CT molecular complexity index is 437. The van der Waals surface area contributed by atoms with E-state index < -0.39 is 0 Å². The minimum atomic E-state index is -0.0310. The van der Waals surface area contributed by atoms with Gasteiger partial charge in [-0.25, -0.2) is 0 Å². The van der Waals surface area contributed by atoms with E-state index in [0.29, 0.717) is 6.04 Å². The average Bonchev–Trinajstić information content (AvgIpc) is 2.38. The molecule has 0 aromatic heterocycles. The Kier molecular flexibility index (Phi) is 4.87. The van der Waals surface area contributed by atoms with Crippen LogP contribution in [0.15, 0.2) is 12.1 Å². The van der Waals surface area contributed by atoms with Crippen LogP contribution in [0.1, 0.15) is 48.4 Å². The van der Waals surface area contributed by atoms with Crippen LogP contribution in [0.4, 0.5) is 0 Å². The first kappa shape index (κ1) is 15.5. The Balaban J connectivity index is 2.22. The van der Waals surface area contributed by atoms with Gasteiger partial charge in [-0.2, -0.15) is 0 Å². The number of ether oxygens (including phenoxy) is 1. The number of benzene rings is 1. The van der Waals surface area contributed by atoms with Crippen molar-refractivity contribution in [2.45, 2.75) is 65.0 Å². The summed E-state index contributed by atoms with van der Waals surface area (Å²) in [6, 6.07) is 4.96. The molecule has 0 radical (unpaired) electrons. The fourth-order valence-electron chi connectivity index (χ4n) is 3.59. The molecular weight excluding hydrogens is 246 g/mol. The van der Waals surface area contributed by atoms with Gasteiger partial charge in [-0.3, -0.25) is 0 Å². The number of nitrogens with one attached hydrogen (secondary N) is 1. The van der Waals surface area contributed by atoms with Crippen LogP contribution in [0.25, 0.3) is 0 Å². The maximum absolute atomic E-state index is 6.13. The monoisotopic (exact) mass is 275 g/mol. The molecule has 2 atom stereocenters. The van der Waals surface area contributed by atoms with Gasteiger partial charge in [0.25, 0.3) is 0 Å². The topological polar surface area (TPSA) is 21.3 Å². The molecule has 2 heteroatoms. The molecule has 112 valence electrons. The lowest BCUT2D eigenvalue weighted by molar-refractivity contribution is -0.0871. The summed E-state index contributed by atoms with van der Waals surface area (Å²) in [5, 5.41) is 3.50. The van der Waals surface area contributed by atoms with Crippen LogP contribution >= 0.6 is 0 Å². The lowest BCUT2D eigenvalue weighted by Crippen LogP contribution is -2.52. The minimum absolute atomic E-state index is 0.0310. The highest BCUT2D eigenvalue weighted by atomic mass is 16.5. The summed E-state index contributed by atoms with van der Waals surface area (Å²) in [6.45, 7) is 9.80. The molecule has 0 spiro atoms. The Morgan fingerprint density at radius 1 is 1.20 bits per heavy atom. The molecule has 1 N–H and O–H groups in total. The smallest absolute Gasteiger partial charge is 0.0809 e. The maximum Gasteiger partial charge on any atom is 0.0809 e. The lowest BCUT2D eigenvalue weighted by Gasteiger charge is -2.41. The molecule has 1 saturated heterocycles. The minimum Gasteiger partial charge on any atom is -0.374 e. The third-order valence-electron chi connectivity index (χ3n) is 4.83. The van der Waals surface area contributed by atoms with Gasteiger partial charge in [-0.15, -0.1) is 0 Å². The summed E-state index contributed by atoms with van der Waals surface area (Å²) < 4.78 is 6.13. The summed E-state index contributed by atoms with van der Waals surface area (Å²) in [5.74, 6) is 0. The molecule has 1 aliphatic heterocycles. The Labute approximate surface area is 123 Å². The molecule has 1 aromatic rings. The summed E-state index contributed by atoms with van der Waals surface area (Å²) in [6.07, 6.45) is 4.68. The summed E-state index contributed by atoms with van der Waals surface area (Å²) in [4.78, 5) is 0. The third-order valence-corrected chi connectivity index (χ3v) is 4.83. The van der Waals surface area contributed by atoms with Crippen molar-refractivity contribution in [3.05, 3.63) is 34.4 Å².